The molecule has 7 heteroatoms. The Hall–Kier alpha value is -1.11. The monoisotopic (exact) mass is 360 g/mol. The van der Waals surface area contributed by atoms with E-state index in [0.29, 0.717) is 13.2 Å². The number of hydrogen-bond donors (Lipinski definition) is 2. The van der Waals surface area contributed by atoms with Gasteiger partial charge in [0.25, 0.3) is 0 Å². The van der Waals surface area contributed by atoms with Gasteiger partial charge in [0.15, 0.2) is 11.5 Å². The molecule has 23 heavy (non-hydrogen) atoms. The van der Waals surface area contributed by atoms with Crippen LogP contribution in [0.3, 0.4) is 0 Å². The fraction of sp³-hybridized carbons (Fsp3) is 0.562. The lowest BCUT2D eigenvalue weighted by molar-refractivity contribution is -0.123. The summed E-state index contributed by atoms with van der Waals surface area (Å²) in [4.78, 5) is 12.2. The first-order valence-corrected chi connectivity index (χ1v) is 8.82. The second kappa shape index (κ2) is 9.90. The standard InChI is InChI=1S/C16H24N2O3S.ClH/c1-4-20-14-7-6-12(8-15(14)21-5-2)11(3)18-16(19)13-9-22-10-17-13;/h6-8,11,13,17H,4-5,9-10H2,1-3H3,(H,18,19);1H. The zero-order valence-corrected chi connectivity index (χ0v) is 15.4. The zero-order valence-electron chi connectivity index (χ0n) is 13.8. The van der Waals surface area contributed by atoms with Crippen molar-refractivity contribution in [3.8, 4) is 11.5 Å². The van der Waals surface area contributed by atoms with Gasteiger partial charge in [-0.25, -0.2) is 0 Å². The third-order valence-corrected chi connectivity index (χ3v) is 4.40. The number of ether oxygens (including phenoxy) is 2. The second-order valence-electron chi connectivity index (χ2n) is 5.07. The van der Waals surface area contributed by atoms with E-state index in [1.165, 1.54) is 0 Å². The van der Waals surface area contributed by atoms with Crippen LogP contribution in [-0.4, -0.2) is 36.8 Å². The van der Waals surface area contributed by atoms with Crippen LogP contribution in [0.1, 0.15) is 32.4 Å². The highest BCUT2D eigenvalue weighted by atomic mass is 35.5. The van der Waals surface area contributed by atoms with Crippen LogP contribution in [-0.2, 0) is 4.79 Å². The van der Waals surface area contributed by atoms with E-state index in [2.05, 4.69) is 10.6 Å². The van der Waals surface area contributed by atoms with E-state index < -0.39 is 0 Å². The number of benzene rings is 1. The van der Waals surface area contributed by atoms with Crippen LogP contribution in [0.2, 0.25) is 0 Å². The largest absolute Gasteiger partial charge is 0.490 e. The van der Waals surface area contributed by atoms with Gasteiger partial charge >= 0.3 is 0 Å². The molecule has 0 saturated carbocycles. The number of rotatable bonds is 7. The molecule has 1 aromatic carbocycles. The third-order valence-electron chi connectivity index (χ3n) is 3.46. The first-order chi connectivity index (χ1) is 10.7. The summed E-state index contributed by atoms with van der Waals surface area (Å²) in [7, 11) is 0. The van der Waals surface area contributed by atoms with E-state index in [9.17, 15) is 4.79 Å². The number of carbonyl (C=O) groups excluding carboxylic acids is 1. The Morgan fingerprint density at radius 1 is 1.35 bits per heavy atom. The Labute approximate surface area is 148 Å². The number of carbonyl (C=O) groups is 1. The Morgan fingerprint density at radius 3 is 2.65 bits per heavy atom. The summed E-state index contributed by atoms with van der Waals surface area (Å²) in [6, 6.07) is 5.64. The number of halogens is 1. The van der Waals surface area contributed by atoms with Crippen molar-refractivity contribution in [2.45, 2.75) is 32.9 Å². The number of hydrogen-bond acceptors (Lipinski definition) is 5. The van der Waals surface area contributed by atoms with Crippen LogP contribution < -0.4 is 20.1 Å². The van der Waals surface area contributed by atoms with Crippen molar-refractivity contribution in [3.05, 3.63) is 23.8 Å². The Bertz CT molecular complexity index is 510. The quantitative estimate of drug-likeness (QED) is 0.783. The SMILES string of the molecule is CCOc1ccc(C(C)NC(=O)C2CSCN2)cc1OCC.Cl. The molecular formula is C16H25ClN2O3S. The molecule has 5 nitrogen and oxygen atoms in total. The van der Waals surface area contributed by atoms with Gasteiger partial charge in [0.05, 0.1) is 25.3 Å². The maximum absolute atomic E-state index is 12.2. The lowest BCUT2D eigenvalue weighted by Crippen LogP contribution is -2.42. The first-order valence-electron chi connectivity index (χ1n) is 7.66. The van der Waals surface area contributed by atoms with Crippen LogP contribution in [0.15, 0.2) is 18.2 Å². The molecule has 0 radical (unpaired) electrons. The maximum atomic E-state index is 12.2. The van der Waals surface area contributed by atoms with Gasteiger partial charge < -0.3 is 14.8 Å². The van der Waals surface area contributed by atoms with Gasteiger partial charge in [0.2, 0.25) is 5.91 Å². The minimum atomic E-state index is -0.0958. The molecule has 1 aromatic rings. The van der Waals surface area contributed by atoms with E-state index in [0.717, 1.165) is 28.7 Å². The van der Waals surface area contributed by atoms with Crippen molar-refractivity contribution in [2.75, 3.05) is 24.8 Å². The van der Waals surface area contributed by atoms with E-state index >= 15 is 0 Å². The molecule has 1 heterocycles. The molecule has 1 amide bonds. The lowest BCUT2D eigenvalue weighted by Gasteiger charge is -2.19. The fourth-order valence-corrected chi connectivity index (χ4v) is 3.24. The number of amides is 1. The topological polar surface area (TPSA) is 59.6 Å². The predicted octanol–water partition coefficient (Wildman–Crippen LogP) is 2.75. The lowest BCUT2D eigenvalue weighted by atomic mass is 10.1. The minimum Gasteiger partial charge on any atom is -0.490 e. The zero-order chi connectivity index (χ0) is 15.9. The fourth-order valence-electron chi connectivity index (χ4n) is 2.30. The van der Waals surface area contributed by atoms with Gasteiger partial charge in [-0.05, 0) is 38.5 Å². The summed E-state index contributed by atoms with van der Waals surface area (Å²) in [6.07, 6.45) is 0. The minimum absolute atomic E-state index is 0. The van der Waals surface area contributed by atoms with Gasteiger partial charge in [-0.2, -0.15) is 0 Å². The highest BCUT2D eigenvalue weighted by molar-refractivity contribution is 7.99. The van der Waals surface area contributed by atoms with E-state index in [1.54, 1.807) is 11.8 Å². The molecule has 0 spiro atoms. The van der Waals surface area contributed by atoms with Crippen molar-refractivity contribution < 1.29 is 14.3 Å². The molecule has 2 rings (SSSR count). The molecule has 1 aliphatic rings. The molecule has 1 saturated heterocycles. The van der Waals surface area contributed by atoms with E-state index in [1.807, 2.05) is 39.0 Å². The predicted molar refractivity (Wildman–Crippen MR) is 96.8 cm³/mol. The van der Waals surface area contributed by atoms with Gasteiger partial charge in [-0.1, -0.05) is 6.07 Å². The number of thioether (sulfide) groups is 1. The average Bonchev–Trinajstić information content (AvgIpc) is 3.04. The smallest absolute Gasteiger partial charge is 0.238 e. The van der Waals surface area contributed by atoms with Gasteiger partial charge in [-0.15, -0.1) is 24.2 Å². The Kier molecular flexibility index (Phi) is 8.58. The highest BCUT2D eigenvalue weighted by Gasteiger charge is 2.24. The van der Waals surface area contributed by atoms with Crippen molar-refractivity contribution in [3.63, 3.8) is 0 Å². The van der Waals surface area contributed by atoms with E-state index in [4.69, 9.17) is 9.47 Å². The molecule has 2 N–H and O–H groups in total. The highest BCUT2D eigenvalue weighted by Crippen LogP contribution is 2.30. The molecule has 0 aromatic heterocycles. The van der Waals surface area contributed by atoms with Crippen LogP contribution in [0.25, 0.3) is 0 Å². The number of nitrogens with one attached hydrogen (secondary N) is 2. The summed E-state index contributed by atoms with van der Waals surface area (Å²) in [5.41, 5.74) is 1.01. The normalized spacial score (nSPS) is 18.0. The van der Waals surface area contributed by atoms with Crippen LogP contribution in [0.4, 0.5) is 0 Å². The Balaban J connectivity index is 0.00000264. The molecule has 0 aliphatic carbocycles. The van der Waals surface area contributed by atoms with Crippen molar-refractivity contribution in [1.82, 2.24) is 10.6 Å². The van der Waals surface area contributed by atoms with Crippen molar-refractivity contribution >= 4 is 30.1 Å². The van der Waals surface area contributed by atoms with Gasteiger partial charge in [0.1, 0.15) is 0 Å². The van der Waals surface area contributed by atoms with Crippen molar-refractivity contribution in [1.29, 1.82) is 0 Å². The summed E-state index contributed by atoms with van der Waals surface area (Å²) < 4.78 is 11.2. The van der Waals surface area contributed by atoms with Crippen LogP contribution in [0, 0.1) is 0 Å². The Morgan fingerprint density at radius 2 is 2.04 bits per heavy atom. The molecule has 0 bridgehead atoms. The van der Waals surface area contributed by atoms with Crippen LogP contribution >= 0.6 is 24.2 Å². The average molecular weight is 361 g/mol. The summed E-state index contributed by atoms with van der Waals surface area (Å²) in [5, 5.41) is 6.22. The summed E-state index contributed by atoms with van der Waals surface area (Å²) >= 11 is 1.74. The van der Waals surface area contributed by atoms with E-state index in [-0.39, 0.29) is 30.4 Å². The summed E-state index contributed by atoms with van der Waals surface area (Å²) in [6.45, 7) is 7.03. The molecular weight excluding hydrogens is 336 g/mol. The maximum Gasteiger partial charge on any atom is 0.238 e. The third kappa shape index (κ3) is 5.48. The first kappa shape index (κ1) is 19.9. The molecule has 130 valence electrons. The molecule has 1 fully saturated rings. The summed E-state index contributed by atoms with van der Waals surface area (Å²) in [5.74, 6) is 3.16. The van der Waals surface area contributed by atoms with Gasteiger partial charge in [-0.3, -0.25) is 10.1 Å². The molecule has 2 unspecified atom stereocenters. The second-order valence-corrected chi connectivity index (χ2v) is 6.10. The van der Waals surface area contributed by atoms with Gasteiger partial charge in [0, 0.05) is 11.6 Å². The van der Waals surface area contributed by atoms with Crippen molar-refractivity contribution in [2.24, 2.45) is 0 Å². The van der Waals surface area contributed by atoms with Crippen LogP contribution in [0.5, 0.6) is 11.5 Å². The molecule has 2 atom stereocenters. The molecule has 1 aliphatic heterocycles.